The predicted molar refractivity (Wildman–Crippen MR) is 58.3 cm³/mol. The van der Waals surface area contributed by atoms with Crippen molar-refractivity contribution in [3.05, 3.63) is 16.1 Å². The Hall–Kier alpha value is -0.410. The second-order valence-electron chi connectivity index (χ2n) is 3.57. The molecule has 0 aliphatic rings. The minimum atomic E-state index is 0.595. The minimum absolute atomic E-state index is 0.595. The third kappa shape index (κ3) is 4.39. The molecule has 1 rings (SSSR count). The van der Waals surface area contributed by atoms with Crippen molar-refractivity contribution in [3.63, 3.8) is 0 Å². The summed E-state index contributed by atoms with van der Waals surface area (Å²) in [6.45, 7) is 7.49. The molecule has 0 radical (unpaired) electrons. The summed E-state index contributed by atoms with van der Waals surface area (Å²) in [7, 11) is 0. The smallest absolute Gasteiger partial charge is 0.0897 e. The van der Waals surface area contributed by atoms with Crippen LogP contribution in [0.4, 0.5) is 0 Å². The Labute approximate surface area is 84.4 Å². The fourth-order valence-corrected chi connectivity index (χ4v) is 1.83. The molecule has 1 heterocycles. The number of hydrogen-bond acceptors (Lipinski definition) is 3. The van der Waals surface area contributed by atoms with E-state index in [0.29, 0.717) is 6.04 Å². The van der Waals surface area contributed by atoms with E-state index in [1.54, 1.807) is 11.3 Å². The van der Waals surface area contributed by atoms with Gasteiger partial charge in [0.25, 0.3) is 0 Å². The van der Waals surface area contributed by atoms with E-state index in [1.165, 1.54) is 17.1 Å². The van der Waals surface area contributed by atoms with E-state index < -0.39 is 0 Å². The average Bonchev–Trinajstić information content (AvgIpc) is 2.45. The molecular weight excluding hydrogens is 180 g/mol. The lowest BCUT2D eigenvalue weighted by Crippen LogP contribution is -2.23. The molecule has 0 aromatic carbocycles. The van der Waals surface area contributed by atoms with Gasteiger partial charge in [-0.1, -0.05) is 13.8 Å². The third-order valence-corrected chi connectivity index (χ3v) is 2.65. The van der Waals surface area contributed by atoms with Crippen LogP contribution in [-0.2, 0) is 6.42 Å². The molecule has 0 saturated heterocycles. The van der Waals surface area contributed by atoms with Gasteiger partial charge in [-0.3, -0.25) is 0 Å². The largest absolute Gasteiger partial charge is 0.315 e. The molecular formula is C10H18N2S. The van der Waals surface area contributed by atoms with Gasteiger partial charge in [-0.2, -0.15) is 0 Å². The van der Waals surface area contributed by atoms with Gasteiger partial charge in [-0.25, -0.2) is 4.98 Å². The maximum Gasteiger partial charge on any atom is 0.0897 e. The van der Waals surface area contributed by atoms with Crippen LogP contribution in [0.5, 0.6) is 0 Å². The van der Waals surface area contributed by atoms with Crippen LogP contribution in [0.3, 0.4) is 0 Å². The van der Waals surface area contributed by atoms with Crippen molar-refractivity contribution < 1.29 is 0 Å². The van der Waals surface area contributed by atoms with Crippen LogP contribution in [0.25, 0.3) is 0 Å². The first kappa shape index (κ1) is 10.7. The molecule has 0 amide bonds. The lowest BCUT2D eigenvalue weighted by Gasteiger charge is -2.06. The minimum Gasteiger partial charge on any atom is -0.315 e. The zero-order valence-electron chi connectivity index (χ0n) is 8.63. The van der Waals surface area contributed by atoms with Gasteiger partial charge in [0.2, 0.25) is 0 Å². The Balaban J connectivity index is 2.13. The summed E-state index contributed by atoms with van der Waals surface area (Å²) < 4.78 is 0. The maximum absolute atomic E-state index is 4.42. The van der Waals surface area contributed by atoms with Crippen molar-refractivity contribution in [2.75, 3.05) is 6.54 Å². The van der Waals surface area contributed by atoms with Gasteiger partial charge < -0.3 is 5.32 Å². The van der Waals surface area contributed by atoms with Crippen molar-refractivity contribution >= 4 is 11.3 Å². The summed E-state index contributed by atoms with van der Waals surface area (Å²) in [5, 5.41) is 6.73. The number of nitrogens with zero attached hydrogens (tertiary/aromatic N) is 1. The van der Waals surface area contributed by atoms with E-state index in [0.717, 1.165) is 13.0 Å². The highest BCUT2D eigenvalue weighted by atomic mass is 32.1. The van der Waals surface area contributed by atoms with Crippen LogP contribution in [0.1, 0.15) is 31.0 Å². The molecule has 1 aromatic heterocycles. The van der Waals surface area contributed by atoms with Gasteiger partial charge in [0.05, 0.1) is 10.7 Å². The van der Waals surface area contributed by atoms with Crippen LogP contribution in [0.15, 0.2) is 5.38 Å². The molecule has 0 aliphatic carbocycles. The van der Waals surface area contributed by atoms with Crippen LogP contribution in [-0.4, -0.2) is 17.6 Å². The van der Waals surface area contributed by atoms with E-state index in [2.05, 4.69) is 36.5 Å². The Bertz CT molecular complexity index is 243. The summed E-state index contributed by atoms with van der Waals surface area (Å²) >= 11 is 1.74. The molecule has 3 heteroatoms. The fourth-order valence-electron chi connectivity index (χ4n) is 1.18. The second kappa shape index (κ2) is 5.35. The quantitative estimate of drug-likeness (QED) is 0.735. The van der Waals surface area contributed by atoms with Gasteiger partial charge >= 0.3 is 0 Å². The van der Waals surface area contributed by atoms with Gasteiger partial charge in [-0.05, 0) is 26.3 Å². The van der Waals surface area contributed by atoms with Crippen molar-refractivity contribution in [2.24, 2.45) is 0 Å². The number of thiazole rings is 1. The third-order valence-electron chi connectivity index (χ3n) is 1.83. The van der Waals surface area contributed by atoms with Gasteiger partial charge in [-0.15, -0.1) is 11.3 Å². The maximum atomic E-state index is 4.42. The SMILES string of the molecule is Cc1nc(CCCNC(C)C)cs1. The first-order chi connectivity index (χ1) is 6.18. The first-order valence-electron chi connectivity index (χ1n) is 4.83. The molecule has 0 fully saturated rings. The standard InChI is InChI=1S/C10H18N2S/c1-8(2)11-6-4-5-10-7-13-9(3)12-10/h7-8,11H,4-6H2,1-3H3. The summed E-state index contributed by atoms with van der Waals surface area (Å²) in [4.78, 5) is 4.42. The van der Waals surface area contributed by atoms with Crippen molar-refractivity contribution in [3.8, 4) is 0 Å². The molecule has 0 saturated carbocycles. The number of aryl methyl sites for hydroxylation is 2. The number of hydrogen-bond donors (Lipinski definition) is 1. The Morgan fingerprint density at radius 2 is 2.31 bits per heavy atom. The van der Waals surface area contributed by atoms with Crippen molar-refractivity contribution in [1.29, 1.82) is 0 Å². The summed E-state index contributed by atoms with van der Waals surface area (Å²) in [5.41, 5.74) is 1.24. The predicted octanol–water partition coefficient (Wildman–Crippen LogP) is 2.38. The number of rotatable bonds is 5. The molecule has 0 atom stereocenters. The second-order valence-corrected chi connectivity index (χ2v) is 4.63. The monoisotopic (exact) mass is 198 g/mol. The van der Waals surface area contributed by atoms with E-state index >= 15 is 0 Å². The van der Waals surface area contributed by atoms with E-state index in [1.807, 2.05) is 0 Å². The molecule has 2 nitrogen and oxygen atoms in total. The first-order valence-corrected chi connectivity index (χ1v) is 5.71. The highest BCUT2D eigenvalue weighted by Crippen LogP contribution is 2.09. The zero-order valence-corrected chi connectivity index (χ0v) is 9.45. The van der Waals surface area contributed by atoms with Gasteiger partial charge in [0.15, 0.2) is 0 Å². The molecule has 74 valence electrons. The average molecular weight is 198 g/mol. The topological polar surface area (TPSA) is 24.9 Å². The Morgan fingerprint density at radius 3 is 2.85 bits per heavy atom. The van der Waals surface area contributed by atoms with Gasteiger partial charge in [0, 0.05) is 11.4 Å². The van der Waals surface area contributed by atoms with Crippen LogP contribution >= 0.6 is 11.3 Å². The summed E-state index contributed by atoms with van der Waals surface area (Å²) in [6.07, 6.45) is 2.28. The highest BCUT2D eigenvalue weighted by Gasteiger charge is 1.98. The molecule has 13 heavy (non-hydrogen) atoms. The highest BCUT2D eigenvalue weighted by molar-refractivity contribution is 7.09. The van der Waals surface area contributed by atoms with Crippen molar-refractivity contribution in [1.82, 2.24) is 10.3 Å². The zero-order chi connectivity index (χ0) is 9.68. The molecule has 0 unspecified atom stereocenters. The van der Waals surface area contributed by atoms with E-state index in [4.69, 9.17) is 0 Å². The van der Waals surface area contributed by atoms with Crippen LogP contribution in [0, 0.1) is 6.92 Å². The van der Waals surface area contributed by atoms with E-state index in [-0.39, 0.29) is 0 Å². The summed E-state index contributed by atoms with van der Waals surface area (Å²) in [6, 6.07) is 0.595. The van der Waals surface area contributed by atoms with Crippen LogP contribution < -0.4 is 5.32 Å². The molecule has 1 N–H and O–H groups in total. The lowest BCUT2D eigenvalue weighted by molar-refractivity contribution is 0.569. The fraction of sp³-hybridized carbons (Fsp3) is 0.700. The van der Waals surface area contributed by atoms with E-state index in [9.17, 15) is 0 Å². The lowest BCUT2D eigenvalue weighted by atomic mass is 10.2. The normalized spacial score (nSPS) is 11.1. The van der Waals surface area contributed by atoms with Crippen molar-refractivity contribution in [2.45, 2.75) is 39.7 Å². The Morgan fingerprint density at radius 1 is 1.54 bits per heavy atom. The number of aromatic nitrogens is 1. The molecule has 0 bridgehead atoms. The number of nitrogens with one attached hydrogen (secondary N) is 1. The van der Waals surface area contributed by atoms with Crippen LogP contribution in [0.2, 0.25) is 0 Å². The summed E-state index contributed by atoms with van der Waals surface area (Å²) in [5.74, 6) is 0. The van der Waals surface area contributed by atoms with Gasteiger partial charge in [0.1, 0.15) is 0 Å². The molecule has 0 spiro atoms. The molecule has 1 aromatic rings. The Kier molecular flexibility index (Phi) is 4.39. The molecule has 0 aliphatic heterocycles.